The van der Waals surface area contributed by atoms with E-state index in [1.165, 1.54) is 12.1 Å². The predicted molar refractivity (Wildman–Crippen MR) is 56.9 cm³/mol. The lowest BCUT2D eigenvalue weighted by atomic mass is 9.79. The van der Waals surface area contributed by atoms with Gasteiger partial charge in [0, 0.05) is 6.54 Å². The fourth-order valence-electron chi connectivity index (χ4n) is 1.66. The van der Waals surface area contributed by atoms with Gasteiger partial charge in [0.15, 0.2) is 5.41 Å². The second-order valence-electron chi connectivity index (χ2n) is 3.65. The molecule has 0 saturated carbocycles. The molecular weight excluding hydrogens is 251 g/mol. The van der Waals surface area contributed by atoms with Crippen LogP contribution in [0.2, 0.25) is 0 Å². The van der Waals surface area contributed by atoms with Crippen molar-refractivity contribution in [1.82, 2.24) is 0 Å². The Morgan fingerprint density at radius 3 is 2.44 bits per heavy atom. The zero-order valence-electron chi connectivity index (χ0n) is 9.49. The molecule has 1 rings (SSSR count). The van der Waals surface area contributed by atoms with Gasteiger partial charge in [0.25, 0.3) is 0 Å². The Labute approximate surface area is 101 Å². The lowest BCUT2D eigenvalue weighted by molar-refractivity contribution is -0.205. The molecule has 4 nitrogen and oxygen atoms in total. The number of carbonyl (C=O) groups excluding carboxylic acids is 1. The van der Waals surface area contributed by atoms with Crippen LogP contribution in [0.25, 0.3) is 0 Å². The molecule has 0 heterocycles. The van der Waals surface area contributed by atoms with Crippen molar-refractivity contribution in [3.63, 3.8) is 0 Å². The molecular formula is C11H12F3NO3. The van der Waals surface area contributed by atoms with Gasteiger partial charge in [0.05, 0.1) is 7.11 Å². The molecule has 0 aromatic heterocycles. The van der Waals surface area contributed by atoms with Crippen LogP contribution in [0.3, 0.4) is 0 Å². The van der Waals surface area contributed by atoms with Gasteiger partial charge in [0.1, 0.15) is 5.75 Å². The van der Waals surface area contributed by atoms with E-state index in [9.17, 15) is 23.1 Å². The lowest BCUT2D eigenvalue weighted by Crippen LogP contribution is -2.55. The molecule has 3 N–H and O–H groups in total. The Morgan fingerprint density at radius 2 is 2.06 bits per heavy atom. The van der Waals surface area contributed by atoms with E-state index in [1.54, 1.807) is 0 Å². The molecule has 7 heteroatoms. The van der Waals surface area contributed by atoms with Crippen molar-refractivity contribution in [2.45, 2.75) is 11.6 Å². The maximum atomic E-state index is 13.2. The number of esters is 1. The fourth-order valence-corrected chi connectivity index (χ4v) is 1.66. The quantitative estimate of drug-likeness (QED) is 0.807. The number of phenolic OH excluding ortho intramolecular Hbond substituents is 1. The van der Waals surface area contributed by atoms with Gasteiger partial charge in [0.2, 0.25) is 0 Å². The average Bonchev–Trinajstić information content (AvgIpc) is 2.28. The zero-order valence-corrected chi connectivity index (χ0v) is 9.49. The molecule has 0 aliphatic heterocycles. The van der Waals surface area contributed by atoms with Crippen molar-refractivity contribution in [1.29, 1.82) is 0 Å². The summed E-state index contributed by atoms with van der Waals surface area (Å²) in [4.78, 5) is 11.5. The van der Waals surface area contributed by atoms with Crippen LogP contribution in [0.4, 0.5) is 13.2 Å². The first-order chi connectivity index (χ1) is 8.29. The molecule has 0 spiro atoms. The summed E-state index contributed by atoms with van der Waals surface area (Å²) in [6.07, 6.45) is -4.93. The van der Waals surface area contributed by atoms with Crippen LogP contribution in [0.1, 0.15) is 5.56 Å². The second-order valence-corrected chi connectivity index (χ2v) is 3.65. The molecule has 0 aliphatic carbocycles. The number of phenols is 1. The van der Waals surface area contributed by atoms with Crippen LogP contribution < -0.4 is 5.73 Å². The van der Waals surface area contributed by atoms with Gasteiger partial charge in [-0.25, -0.2) is 0 Å². The number of aromatic hydroxyl groups is 1. The minimum Gasteiger partial charge on any atom is -0.508 e. The number of benzene rings is 1. The van der Waals surface area contributed by atoms with Crippen LogP contribution in [0.5, 0.6) is 5.75 Å². The fraction of sp³-hybridized carbons (Fsp3) is 0.364. The zero-order chi connectivity index (χ0) is 14.0. The SMILES string of the molecule is COC(=O)C(CN)(c1cccc(O)c1)C(F)(F)F. The third kappa shape index (κ3) is 2.13. The molecule has 0 saturated heterocycles. The standard InChI is InChI=1S/C11H12F3NO3/c1-18-9(17)10(6-15,11(12,13)14)7-3-2-4-8(16)5-7/h2-5,16H,6,15H2,1H3. The van der Waals surface area contributed by atoms with E-state index >= 15 is 0 Å². The van der Waals surface area contributed by atoms with Crippen molar-refractivity contribution >= 4 is 5.97 Å². The van der Waals surface area contributed by atoms with Gasteiger partial charge in [-0.2, -0.15) is 13.2 Å². The number of hydrogen-bond donors (Lipinski definition) is 2. The molecule has 0 fully saturated rings. The summed E-state index contributed by atoms with van der Waals surface area (Å²) in [5.74, 6) is -1.90. The molecule has 0 amide bonds. The minimum absolute atomic E-state index is 0.390. The Kier molecular flexibility index (Phi) is 3.85. The molecule has 100 valence electrons. The monoisotopic (exact) mass is 263 g/mol. The molecule has 0 radical (unpaired) electrons. The number of methoxy groups -OCH3 is 1. The van der Waals surface area contributed by atoms with Crippen molar-refractivity contribution in [2.24, 2.45) is 5.73 Å². The Morgan fingerprint density at radius 1 is 1.44 bits per heavy atom. The van der Waals surface area contributed by atoms with Crippen LogP contribution in [-0.4, -0.2) is 30.9 Å². The molecule has 1 atom stereocenters. The van der Waals surface area contributed by atoms with Crippen LogP contribution in [0, 0.1) is 0 Å². The third-order valence-corrected chi connectivity index (χ3v) is 2.66. The summed E-state index contributed by atoms with van der Waals surface area (Å²) in [6, 6.07) is 4.30. The molecule has 1 unspecified atom stereocenters. The summed E-state index contributed by atoms with van der Waals surface area (Å²) in [6.45, 7) is -1.01. The van der Waals surface area contributed by atoms with Crippen molar-refractivity contribution in [3.05, 3.63) is 29.8 Å². The van der Waals surface area contributed by atoms with E-state index in [2.05, 4.69) is 4.74 Å². The smallest absolute Gasteiger partial charge is 0.410 e. The van der Waals surface area contributed by atoms with Crippen LogP contribution in [0.15, 0.2) is 24.3 Å². The number of rotatable bonds is 3. The number of alkyl halides is 3. The first-order valence-corrected chi connectivity index (χ1v) is 4.94. The number of nitrogens with two attached hydrogens (primary N) is 1. The Bertz CT molecular complexity index is 447. The maximum Gasteiger partial charge on any atom is 0.410 e. The molecule has 18 heavy (non-hydrogen) atoms. The Balaban J connectivity index is 3.50. The van der Waals surface area contributed by atoms with Gasteiger partial charge in [-0.3, -0.25) is 4.79 Å². The summed E-state index contributed by atoms with van der Waals surface area (Å²) >= 11 is 0. The number of hydrogen-bond acceptors (Lipinski definition) is 4. The lowest BCUT2D eigenvalue weighted by Gasteiger charge is -2.32. The normalized spacial score (nSPS) is 14.9. The predicted octanol–water partition coefficient (Wildman–Crippen LogP) is 1.32. The average molecular weight is 263 g/mol. The second kappa shape index (κ2) is 4.85. The third-order valence-electron chi connectivity index (χ3n) is 2.66. The van der Waals surface area contributed by atoms with E-state index in [-0.39, 0.29) is 0 Å². The summed E-state index contributed by atoms with van der Waals surface area (Å²) < 4.78 is 43.7. The van der Waals surface area contributed by atoms with Crippen LogP contribution >= 0.6 is 0 Å². The van der Waals surface area contributed by atoms with E-state index in [0.717, 1.165) is 19.2 Å². The number of ether oxygens (including phenoxy) is 1. The number of halogens is 3. The molecule has 1 aromatic rings. The topological polar surface area (TPSA) is 72.5 Å². The molecule has 0 bridgehead atoms. The largest absolute Gasteiger partial charge is 0.508 e. The van der Waals surface area contributed by atoms with Gasteiger partial charge in [-0.1, -0.05) is 12.1 Å². The highest BCUT2D eigenvalue weighted by Gasteiger charge is 2.61. The van der Waals surface area contributed by atoms with Crippen LogP contribution in [-0.2, 0) is 14.9 Å². The first-order valence-electron chi connectivity index (χ1n) is 4.94. The van der Waals surface area contributed by atoms with Gasteiger partial charge in [-0.15, -0.1) is 0 Å². The van der Waals surface area contributed by atoms with Crippen molar-refractivity contribution in [3.8, 4) is 5.75 Å². The van der Waals surface area contributed by atoms with E-state index in [1.807, 2.05) is 0 Å². The summed E-state index contributed by atoms with van der Waals surface area (Å²) in [7, 11) is 0.848. The molecule has 1 aromatic carbocycles. The highest BCUT2D eigenvalue weighted by molar-refractivity contribution is 5.85. The maximum absolute atomic E-state index is 13.2. The summed E-state index contributed by atoms with van der Waals surface area (Å²) in [5.41, 5.74) is 1.72. The van der Waals surface area contributed by atoms with Gasteiger partial charge >= 0.3 is 12.1 Å². The first kappa shape index (κ1) is 14.3. The number of carbonyl (C=O) groups is 1. The van der Waals surface area contributed by atoms with E-state index in [0.29, 0.717) is 0 Å². The van der Waals surface area contributed by atoms with E-state index in [4.69, 9.17) is 5.73 Å². The van der Waals surface area contributed by atoms with Gasteiger partial charge < -0.3 is 15.6 Å². The summed E-state index contributed by atoms with van der Waals surface area (Å²) in [5, 5.41) is 9.23. The van der Waals surface area contributed by atoms with Crippen molar-refractivity contribution in [2.75, 3.05) is 13.7 Å². The highest BCUT2D eigenvalue weighted by Crippen LogP contribution is 2.42. The van der Waals surface area contributed by atoms with E-state index < -0.39 is 35.4 Å². The van der Waals surface area contributed by atoms with Crippen molar-refractivity contribution < 1.29 is 27.8 Å². The molecule has 0 aliphatic rings. The minimum atomic E-state index is -4.93. The highest BCUT2D eigenvalue weighted by atomic mass is 19.4. The van der Waals surface area contributed by atoms with Gasteiger partial charge in [-0.05, 0) is 17.7 Å². The Hall–Kier alpha value is -1.76.